The molecule has 0 amide bonds. The maximum absolute atomic E-state index is 11.9. The fraction of sp³-hybridized carbons (Fsp3) is 0.455. The Morgan fingerprint density at radius 3 is 2.31 bits per heavy atom. The molecular weight excluding hydrogens is 214 g/mol. The molecule has 1 aromatic rings. The maximum atomic E-state index is 11.9. The summed E-state index contributed by atoms with van der Waals surface area (Å²) >= 11 is 0. The van der Waals surface area contributed by atoms with Crippen LogP contribution in [0.5, 0.6) is 5.75 Å². The first-order valence-electron chi connectivity index (χ1n) is 5.18. The Bertz CT molecular complexity index is 338. The number of alkyl halides is 2. The van der Waals surface area contributed by atoms with Crippen LogP contribution in [0.2, 0.25) is 0 Å². The van der Waals surface area contributed by atoms with Gasteiger partial charge in [0.25, 0.3) is 0 Å². The zero-order valence-corrected chi connectivity index (χ0v) is 8.70. The van der Waals surface area contributed by atoms with Crippen molar-refractivity contribution in [3.8, 4) is 5.75 Å². The quantitative estimate of drug-likeness (QED) is 0.821. The highest BCUT2D eigenvalue weighted by Crippen LogP contribution is 2.24. The van der Waals surface area contributed by atoms with Gasteiger partial charge in [-0.05, 0) is 17.7 Å². The Morgan fingerprint density at radius 1 is 1.25 bits per heavy atom. The number of rotatable bonds is 4. The highest BCUT2D eigenvalue weighted by Gasteiger charge is 2.25. The van der Waals surface area contributed by atoms with Gasteiger partial charge in [0.1, 0.15) is 5.75 Å². The van der Waals surface area contributed by atoms with Gasteiger partial charge in [0.05, 0.1) is 0 Å². The van der Waals surface area contributed by atoms with Crippen LogP contribution in [0.15, 0.2) is 24.3 Å². The van der Waals surface area contributed by atoms with E-state index in [2.05, 4.69) is 10.1 Å². The van der Waals surface area contributed by atoms with Gasteiger partial charge in [-0.1, -0.05) is 12.1 Å². The van der Waals surface area contributed by atoms with E-state index in [0.717, 1.165) is 18.7 Å². The maximum Gasteiger partial charge on any atom is 0.387 e. The van der Waals surface area contributed by atoms with Gasteiger partial charge >= 0.3 is 6.61 Å². The number of ether oxygens (including phenoxy) is 1. The van der Waals surface area contributed by atoms with E-state index in [1.165, 1.54) is 12.1 Å². The average molecular weight is 228 g/mol. The van der Waals surface area contributed by atoms with Crippen LogP contribution >= 0.6 is 0 Å². The Morgan fingerprint density at radius 2 is 1.88 bits per heavy atom. The van der Waals surface area contributed by atoms with Crippen molar-refractivity contribution in [2.75, 3.05) is 13.1 Å². The molecular formula is C11H14F2N2O. The van der Waals surface area contributed by atoms with Gasteiger partial charge in [-0.15, -0.1) is 0 Å². The molecule has 2 rings (SSSR count). The molecule has 1 unspecified atom stereocenters. The van der Waals surface area contributed by atoms with Gasteiger partial charge in [-0.25, -0.2) is 0 Å². The molecule has 0 aliphatic carbocycles. The lowest BCUT2D eigenvalue weighted by Crippen LogP contribution is -2.47. The molecule has 1 aliphatic rings. The fourth-order valence-electron chi connectivity index (χ4n) is 1.71. The van der Waals surface area contributed by atoms with E-state index in [-0.39, 0.29) is 11.8 Å². The predicted molar refractivity (Wildman–Crippen MR) is 56.4 cm³/mol. The molecule has 3 N–H and O–H groups in total. The molecule has 16 heavy (non-hydrogen) atoms. The predicted octanol–water partition coefficient (Wildman–Crippen LogP) is 1.51. The number of nitrogens with one attached hydrogen (secondary N) is 1. The van der Waals surface area contributed by atoms with Crippen molar-refractivity contribution >= 4 is 0 Å². The molecule has 1 heterocycles. The molecule has 3 nitrogen and oxygen atoms in total. The van der Waals surface area contributed by atoms with Crippen LogP contribution in [0.3, 0.4) is 0 Å². The first kappa shape index (κ1) is 11.3. The molecule has 0 spiro atoms. The van der Waals surface area contributed by atoms with Crippen molar-refractivity contribution in [1.29, 1.82) is 0 Å². The SMILES string of the molecule is NC(c1ccc(OC(F)F)cc1)C1CNC1. The lowest BCUT2D eigenvalue weighted by atomic mass is 9.89. The molecule has 0 radical (unpaired) electrons. The first-order chi connectivity index (χ1) is 7.66. The number of nitrogens with two attached hydrogens (primary N) is 1. The van der Waals surface area contributed by atoms with Gasteiger partial charge in [-0.3, -0.25) is 0 Å². The van der Waals surface area contributed by atoms with Crippen LogP contribution < -0.4 is 15.8 Å². The van der Waals surface area contributed by atoms with Crippen molar-refractivity contribution in [3.63, 3.8) is 0 Å². The van der Waals surface area contributed by atoms with Crippen molar-refractivity contribution in [2.45, 2.75) is 12.7 Å². The van der Waals surface area contributed by atoms with E-state index in [9.17, 15) is 8.78 Å². The van der Waals surface area contributed by atoms with Crippen molar-refractivity contribution in [3.05, 3.63) is 29.8 Å². The van der Waals surface area contributed by atoms with Gasteiger partial charge in [-0.2, -0.15) is 8.78 Å². The number of halogens is 2. The summed E-state index contributed by atoms with van der Waals surface area (Å²) in [5.41, 5.74) is 6.97. The monoisotopic (exact) mass is 228 g/mol. The second-order valence-electron chi connectivity index (χ2n) is 3.89. The molecule has 88 valence electrons. The van der Waals surface area contributed by atoms with Gasteiger partial charge in [0.2, 0.25) is 0 Å². The molecule has 0 saturated carbocycles. The van der Waals surface area contributed by atoms with Crippen molar-refractivity contribution in [2.24, 2.45) is 11.7 Å². The molecule has 1 fully saturated rings. The molecule has 5 heteroatoms. The number of hydrogen-bond donors (Lipinski definition) is 2. The van der Waals surface area contributed by atoms with E-state index in [1.54, 1.807) is 12.1 Å². The fourth-order valence-corrected chi connectivity index (χ4v) is 1.71. The molecule has 1 atom stereocenters. The minimum absolute atomic E-state index is 0.0400. The number of hydrogen-bond acceptors (Lipinski definition) is 3. The Labute approximate surface area is 92.6 Å². The summed E-state index contributed by atoms with van der Waals surface area (Å²) in [6, 6.07) is 6.48. The summed E-state index contributed by atoms with van der Waals surface area (Å²) in [7, 11) is 0. The lowest BCUT2D eigenvalue weighted by molar-refractivity contribution is -0.0498. The standard InChI is InChI=1S/C11H14F2N2O/c12-11(13)16-9-3-1-7(2-4-9)10(14)8-5-15-6-8/h1-4,8,10-11,15H,5-6,14H2. The highest BCUT2D eigenvalue weighted by atomic mass is 19.3. The Hall–Kier alpha value is -1.20. The van der Waals surface area contributed by atoms with Gasteiger partial charge in [0, 0.05) is 25.0 Å². The van der Waals surface area contributed by atoms with Gasteiger partial charge < -0.3 is 15.8 Å². The first-order valence-corrected chi connectivity index (χ1v) is 5.18. The smallest absolute Gasteiger partial charge is 0.387 e. The topological polar surface area (TPSA) is 47.3 Å². The lowest BCUT2D eigenvalue weighted by Gasteiger charge is -2.32. The summed E-state index contributed by atoms with van der Waals surface area (Å²) < 4.78 is 28.1. The van der Waals surface area contributed by atoms with E-state index < -0.39 is 6.61 Å². The van der Waals surface area contributed by atoms with E-state index >= 15 is 0 Å². The largest absolute Gasteiger partial charge is 0.435 e. The third-order valence-electron chi connectivity index (χ3n) is 2.81. The summed E-state index contributed by atoms with van der Waals surface area (Å²) in [5.74, 6) is 0.597. The van der Waals surface area contributed by atoms with Crippen LogP contribution in [0.25, 0.3) is 0 Å². The van der Waals surface area contributed by atoms with Gasteiger partial charge in [0.15, 0.2) is 0 Å². The third kappa shape index (κ3) is 2.48. The second kappa shape index (κ2) is 4.76. The normalized spacial score (nSPS) is 18.2. The highest BCUT2D eigenvalue weighted by molar-refractivity contribution is 5.29. The Balaban J connectivity index is 2.00. The third-order valence-corrected chi connectivity index (χ3v) is 2.81. The number of benzene rings is 1. The van der Waals surface area contributed by atoms with E-state index in [1.807, 2.05) is 0 Å². The molecule has 1 aliphatic heterocycles. The average Bonchev–Trinajstić information content (AvgIpc) is 2.15. The Kier molecular flexibility index (Phi) is 3.36. The minimum Gasteiger partial charge on any atom is -0.435 e. The second-order valence-corrected chi connectivity index (χ2v) is 3.89. The van der Waals surface area contributed by atoms with E-state index in [0.29, 0.717) is 5.92 Å². The van der Waals surface area contributed by atoms with E-state index in [4.69, 9.17) is 5.73 Å². The summed E-state index contributed by atoms with van der Waals surface area (Å²) in [4.78, 5) is 0. The zero-order valence-electron chi connectivity index (χ0n) is 8.70. The van der Waals surface area contributed by atoms with Crippen LogP contribution in [-0.4, -0.2) is 19.7 Å². The molecule has 0 aromatic heterocycles. The summed E-state index contributed by atoms with van der Waals surface area (Å²) in [6.45, 7) is -0.956. The van der Waals surface area contributed by atoms with Crippen LogP contribution in [0.4, 0.5) is 8.78 Å². The van der Waals surface area contributed by atoms with Crippen molar-refractivity contribution in [1.82, 2.24) is 5.32 Å². The zero-order chi connectivity index (χ0) is 11.5. The minimum atomic E-state index is -2.78. The van der Waals surface area contributed by atoms with Crippen LogP contribution in [0, 0.1) is 5.92 Å². The van der Waals surface area contributed by atoms with Crippen LogP contribution in [0.1, 0.15) is 11.6 Å². The van der Waals surface area contributed by atoms with Crippen LogP contribution in [-0.2, 0) is 0 Å². The molecule has 1 aromatic carbocycles. The molecule has 0 bridgehead atoms. The summed E-state index contributed by atoms with van der Waals surface area (Å²) in [5, 5.41) is 3.15. The summed E-state index contributed by atoms with van der Waals surface area (Å²) in [6.07, 6.45) is 0. The van der Waals surface area contributed by atoms with Crippen molar-refractivity contribution < 1.29 is 13.5 Å². The molecule has 1 saturated heterocycles.